The Labute approximate surface area is 131 Å². The second-order valence-electron chi connectivity index (χ2n) is 4.72. The van der Waals surface area contributed by atoms with Gasteiger partial charge in [-0.1, -0.05) is 0 Å². The van der Waals surface area contributed by atoms with Crippen LogP contribution < -0.4 is 20.5 Å². The smallest absolute Gasteiger partial charge is 0.395 e. The van der Waals surface area contributed by atoms with E-state index in [1.807, 2.05) is 0 Å². The minimum Gasteiger partial charge on any atom is -0.395 e. The number of aromatic nitrogens is 2. The number of fused-ring (bicyclic) bond motifs is 2. The summed E-state index contributed by atoms with van der Waals surface area (Å²) in [6, 6.07) is 4.22. The van der Waals surface area contributed by atoms with E-state index in [4.69, 9.17) is 5.73 Å². The average Bonchev–Trinajstić information content (AvgIpc) is 3.10. The predicted octanol–water partition coefficient (Wildman–Crippen LogP) is 2.78. The van der Waals surface area contributed by atoms with E-state index in [0.29, 0.717) is 21.6 Å². The number of ether oxygens (including phenoxy) is 2. The van der Waals surface area contributed by atoms with E-state index in [0.717, 1.165) is 0 Å². The number of H-pyrrole nitrogens is 1. The molecule has 4 N–H and O–H groups in total. The van der Waals surface area contributed by atoms with Crippen LogP contribution in [-0.4, -0.2) is 22.2 Å². The van der Waals surface area contributed by atoms with Gasteiger partial charge in [0.2, 0.25) is 5.95 Å². The Bertz CT molecular complexity index is 892. The van der Waals surface area contributed by atoms with Crippen LogP contribution in [0.3, 0.4) is 0 Å². The Morgan fingerprint density at radius 2 is 2.09 bits per heavy atom. The van der Waals surface area contributed by atoms with Gasteiger partial charge in [-0.2, -0.15) is 0 Å². The van der Waals surface area contributed by atoms with Crippen molar-refractivity contribution in [3.63, 3.8) is 0 Å². The van der Waals surface area contributed by atoms with Crippen LogP contribution in [0.4, 0.5) is 19.7 Å². The summed E-state index contributed by atoms with van der Waals surface area (Å²) >= 11 is 1.24. The van der Waals surface area contributed by atoms with Crippen molar-refractivity contribution in [1.29, 1.82) is 0 Å². The van der Waals surface area contributed by atoms with Crippen molar-refractivity contribution in [1.82, 2.24) is 9.97 Å². The van der Waals surface area contributed by atoms with Crippen molar-refractivity contribution in [2.24, 2.45) is 0 Å². The lowest BCUT2D eigenvalue weighted by atomic mass is 10.3. The monoisotopic (exact) mass is 338 g/mol. The number of anilines is 2. The standard InChI is InChI=1S/C13H8F2N4O3S/c14-13(15)21-8-3-6-7(4-9(8)22-13)18-12(17-6)19-11(20)5-1-2-23-10(5)16/h1-4H,16H2,(H2,17,18,19,20). The molecule has 1 aromatic carbocycles. The molecule has 0 saturated heterocycles. The lowest BCUT2D eigenvalue weighted by molar-refractivity contribution is -0.286. The van der Waals surface area contributed by atoms with Gasteiger partial charge in [0.25, 0.3) is 5.91 Å². The predicted molar refractivity (Wildman–Crippen MR) is 79.0 cm³/mol. The zero-order valence-electron chi connectivity index (χ0n) is 11.2. The molecule has 1 amide bonds. The molecule has 3 aromatic rings. The first kappa shape index (κ1) is 13.8. The van der Waals surface area contributed by atoms with Gasteiger partial charge in [0, 0.05) is 12.1 Å². The molecule has 1 aliphatic rings. The molecule has 4 rings (SSSR count). The van der Waals surface area contributed by atoms with Crippen LogP contribution in [0.5, 0.6) is 11.5 Å². The van der Waals surface area contributed by atoms with Gasteiger partial charge >= 0.3 is 6.29 Å². The number of carbonyl (C=O) groups excluding carboxylic acids is 1. The van der Waals surface area contributed by atoms with Crippen LogP contribution >= 0.6 is 11.3 Å². The van der Waals surface area contributed by atoms with Crippen molar-refractivity contribution in [3.05, 3.63) is 29.1 Å². The van der Waals surface area contributed by atoms with Crippen LogP contribution in [-0.2, 0) is 0 Å². The van der Waals surface area contributed by atoms with Gasteiger partial charge in [-0.15, -0.1) is 20.1 Å². The van der Waals surface area contributed by atoms with Crippen molar-refractivity contribution in [2.75, 3.05) is 11.1 Å². The number of nitrogens with two attached hydrogens (primary N) is 1. The first-order valence-electron chi connectivity index (χ1n) is 6.35. The summed E-state index contributed by atoms with van der Waals surface area (Å²) in [5, 5.41) is 4.64. The molecule has 10 heteroatoms. The van der Waals surface area contributed by atoms with Crippen molar-refractivity contribution in [2.45, 2.75) is 6.29 Å². The van der Waals surface area contributed by atoms with E-state index < -0.39 is 12.2 Å². The minimum atomic E-state index is -3.69. The SMILES string of the molecule is Nc1sccc1C(=O)Nc1nc2cc3c(cc2[nH]1)OC(F)(F)O3. The fraction of sp³-hybridized carbons (Fsp3) is 0.0769. The molecule has 0 saturated carbocycles. The third-order valence-electron chi connectivity index (χ3n) is 3.18. The molecule has 2 aromatic heterocycles. The third kappa shape index (κ3) is 2.32. The Kier molecular flexibility index (Phi) is 2.73. The summed E-state index contributed by atoms with van der Waals surface area (Å²) in [5.74, 6) is -0.486. The number of imidazole rings is 1. The third-order valence-corrected chi connectivity index (χ3v) is 3.92. The summed E-state index contributed by atoms with van der Waals surface area (Å²) in [6.07, 6.45) is -3.69. The quantitative estimate of drug-likeness (QED) is 0.667. The zero-order valence-corrected chi connectivity index (χ0v) is 12.0. The van der Waals surface area contributed by atoms with Gasteiger partial charge in [0.05, 0.1) is 21.6 Å². The number of aromatic amines is 1. The van der Waals surface area contributed by atoms with E-state index in [1.165, 1.54) is 23.5 Å². The number of thiophene rings is 1. The van der Waals surface area contributed by atoms with Gasteiger partial charge in [-0.05, 0) is 11.4 Å². The Hall–Kier alpha value is -2.88. The van der Waals surface area contributed by atoms with Gasteiger partial charge in [0.15, 0.2) is 11.5 Å². The molecule has 0 radical (unpaired) electrons. The normalized spacial score (nSPS) is 15.0. The van der Waals surface area contributed by atoms with Crippen LogP contribution in [0.15, 0.2) is 23.6 Å². The Morgan fingerprint density at radius 3 is 2.78 bits per heavy atom. The number of nitrogens with zero attached hydrogens (tertiary/aromatic N) is 1. The van der Waals surface area contributed by atoms with Gasteiger partial charge in [-0.3, -0.25) is 10.1 Å². The molecule has 1 aliphatic heterocycles. The molecule has 0 atom stereocenters. The lowest BCUT2D eigenvalue weighted by Gasteiger charge is -2.04. The number of nitrogen functional groups attached to an aromatic ring is 1. The summed E-state index contributed by atoms with van der Waals surface area (Å²) in [6.45, 7) is 0. The molecule has 0 fully saturated rings. The number of nitrogens with one attached hydrogen (secondary N) is 2. The minimum absolute atomic E-state index is 0.105. The van der Waals surface area contributed by atoms with Crippen LogP contribution in [0.25, 0.3) is 11.0 Å². The number of amides is 1. The lowest BCUT2D eigenvalue weighted by Crippen LogP contribution is -2.25. The summed E-state index contributed by atoms with van der Waals surface area (Å²) < 4.78 is 34.7. The average molecular weight is 338 g/mol. The van der Waals surface area contributed by atoms with Gasteiger partial charge < -0.3 is 20.2 Å². The molecular weight excluding hydrogens is 330 g/mol. The molecule has 3 heterocycles. The maximum atomic E-state index is 13.0. The maximum absolute atomic E-state index is 13.0. The molecule has 0 bridgehead atoms. The van der Waals surface area contributed by atoms with Crippen LogP contribution in [0, 0.1) is 0 Å². The van der Waals surface area contributed by atoms with Crippen molar-refractivity contribution < 1.29 is 23.0 Å². The van der Waals surface area contributed by atoms with Crippen LogP contribution in [0.2, 0.25) is 0 Å². The fourth-order valence-corrected chi connectivity index (χ4v) is 2.84. The Morgan fingerprint density at radius 1 is 1.35 bits per heavy atom. The van der Waals surface area contributed by atoms with Gasteiger partial charge in [0.1, 0.15) is 0 Å². The van der Waals surface area contributed by atoms with Crippen molar-refractivity contribution >= 4 is 39.2 Å². The highest BCUT2D eigenvalue weighted by molar-refractivity contribution is 7.14. The first-order valence-corrected chi connectivity index (χ1v) is 7.23. The van der Waals surface area contributed by atoms with E-state index >= 15 is 0 Å². The summed E-state index contributed by atoms with van der Waals surface area (Å²) in [4.78, 5) is 19.0. The molecule has 0 unspecified atom stereocenters. The number of carbonyl (C=O) groups is 1. The highest BCUT2D eigenvalue weighted by Crippen LogP contribution is 2.42. The molecule has 7 nitrogen and oxygen atoms in total. The van der Waals surface area contributed by atoms with Crippen molar-refractivity contribution in [3.8, 4) is 11.5 Å². The molecule has 118 valence electrons. The van der Waals surface area contributed by atoms with E-state index in [1.54, 1.807) is 11.4 Å². The summed E-state index contributed by atoms with van der Waals surface area (Å²) in [7, 11) is 0. The largest absolute Gasteiger partial charge is 0.586 e. The molecule has 23 heavy (non-hydrogen) atoms. The second-order valence-corrected chi connectivity index (χ2v) is 5.67. The zero-order chi connectivity index (χ0) is 16.2. The number of benzene rings is 1. The number of hydrogen-bond acceptors (Lipinski definition) is 6. The highest BCUT2D eigenvalue weighted by Gasteiger charge is 2.43. The van der Waals surface area contributed by atoms with E-state index in [9.17, 15) is 13.6 Å². The van der Waals surface area contributed by atoms with Gasteiger partial charge in [-0.25, -0.2) is 4.98 Å². The number of rotatable bonds is 2. The van der Waals surface area contributed by atoms with Crippen LogP contribution in [0.1, 0.15) is 10.4 Å². The fourth-order valence-electron chi connectivity index (χ4n) is 2.20. The molecular formula is C13H8F2N4O3S. The second kappa shape index (κ2) is 4.56. The molecule has 0 aliphatic carbocycles. The number of hydrogen-bond donors (Lipinski definition) is 3. The first-order chi connectivity index (χ1) is 10.9. The number of halogens is 2. The number of alkyl halides is 2. The highest BCUT2D eigenvalue weighted by atomic mass is 32.1. The molecule has 0 spiro atoms. The summed E-state index contributed by atoms with van der Waals surface area (Å²) in [5.41, 5.74) is 6.78. The topological polar surface area (TPSA) is 102 Å². The van der Waals surface area contributed by atoms with E-state index in [2.05, 4.69) is 24.8 Å². The maximum Gasteiger partial charge on any atom is 0.586 e. The van der Waals surface area contributed by atoms with E-state index in [-0.39, 0.29) is 17.4 Å². The Balaban J connectivity index is 1.64.